The largest absolute Gasteiger partial charge is 0.497 e. The second kappa shape index (κ2) is 7.59. The maximum Gasteiger partial charge on any atom is 0.142 e. The fourth-order valence-corrected chi connectivity index (χ4v) is 2.96. The summed E-state index contributed by atoms with van der Waals surface area (Å²) >= 11 is 21.5. The van der Waals surface area contributed by atoms with Gasteiger partial charge in [-0.2, -0.15) is 0 Å². The van der Waals surface area contributed by atoms with Gasteiger partial charge in [-0.3, -0.25) is 0 Å². The molecule has 0 aliphatic carbocycles. The smallest absolute Gasteiger partial charge is 0.142 e. The van der Waals surface area contributed by atoms with Gasteiger partial charge in [-0.25, -0.2) is 0 Å². The number of halogens is 4. The Morgan fingerprint density at radius 2 is 1.86 bits per heavy atom. The summed E-state index contributed by atoms with van der Waals surface area (Å²) < 4.78 is 12.0. The fraction of sp³-hybridized carbons (Fsp3) is 0.200. The molecular formula is C15H12BrCl3O2. The van der Waals surface area contributed by atoms with Crippen LogP contribution in [0.15, 0.2) is 34.8 Å². The summed E-state index contributed by atoms with van der Waals surface area (Å²) in [5.74, 6) is 1.58. The predicted octanol–water partition coefficient (Wildman–Crippen LogP) is 6.08. The number of rotatable bonds is 5. The van der Waals surface area contributed by atoms with Crippen LogP contribution < -0.4 is 9.47 Å². The minimum absolute atomic E-state index is 0.273. The number of hydrogen-bond donors (Lipinski definition) is 0. The predicted molar refractivity (Wildman–Crippen MR) is 91.0 cm³/mol. The third-order valence-corrected chi connectivity index (χ3v) is 4.41. The summed E-state index contributed by atoms with van der Waals surface area (Å²) in [6, 6.07) is 9.05. The quantitative estimate of drug-likeness (QED) is 0.556. The third-order valence-electron chi connectivity index (χ3n) is 2.85. The lowest BCUT2D eigenvalue weighted by molar-refractivity contribution is 0.302. The van der Waals surface area contributed by atoms with E-state index in [0.717, 1.165) is 21.3 Å². The highest BCUT2D eigenvalue weighted by atomic mass is 79.9. The highest BCUT2D eigenvalue weighted by molar-refractivity contribution is 9.10. The molecule has 2 nitrogen and oxygen atoms in total. The minimum Gasteiger partial charge on any atom is -0.497 e. The first-order valence-electron chi connectivity index (χ1n) is 6.04. The van der Waals surface area contributed by atoms with Crippen molar-refractivity contribution in [3.8, 4) is 11.5 Å². The molecule has 6 heteroatoms. The Kier molecular flexibility index (Phi) is 6.06. The molecule has 0 N–H and O–H groups in total. The zero-order chi connectivity index (χ0) is 15.4. The van der Waals surface area contributed by atoms with E-state index >= 15 is 0 Å². The van der Waals surface area contributed by atoms with E-state index in [-0.39, 0.29) is 5.88 Å². The lowest BCUT2D eigenvalue weighted by Crippen LogP contribution is -2.00. The Morgan fingerprint density at radius 3 is 2.52 bits per heavy atom. The van der Waals surface area contributed by atoms with Gasteiger partial charge in [0.05, 0.1) is 18.0 Å². The molecule has 0 bridgehead atoms. The average molecular weight is 411 g/mol. The van der Waals surface area contributed by atoms with Gasteiger partial charge >= 0.3 is 0 Å². The number of hydrogen-bond acceptors (Lipinski definition) is 2. The molecule has 0 amide bonds. The minimum atomic E-state index is 0.273. The second-order valence-corrected chi connectivity index (χ2v) is 6.22. The van der Waals surface area contributed by atoms with Crippen molar-refractivity contribution in [1.29, 1.82) is 0 Å². The van der Waals surface area contributed by atoms with Crippen LogP contribution in [0, 0.1) is 0 Å². The van der Waals surface area contributed by atoms with Crippen LogP contribution in [0.25, 0.3) is 0 Å². The first-order chi connectivity index (χ1) is 10.0. The average Bonchev–Trinajstić information content (AvgIpc) is 2.47. The van der Waals surface area contributed by atoms with Crippen molar-refractivity contribution in [2.75, 3.05) is 7.11 Å². The molecule has 0 saturated heterocycles. The van der Waals surface area contributed by atoms with Gasteiger partial charge < -0.3 is 9.47 Å². The van der Waals surface area contributed by atoms with Crippen LogP contribution in [0.5, 0.6) is 11.5 Å². The summed E-state index contributed by atoms with van der Waals surface area (Å²) in [6.45, 7) is 0.336. The van der Waals surface area contributed by atoms with Gasteiger partial charge in [0.1, 0.15) is 18.1 Å². The number of methoxy groups -OCH3 is 1. The summed E-state index contributed by atoms with van der Waals surface area (Å²) in [6.07, 6.45) is 0. The van der Waals surface area contributed by atoms with Crippen molar-refractivity contribution in [2.24, 2.45) is 0 Å². The molecule has 0 aliphatic heterocycles. The first-order valence-corrected chi connectivity index (χ1v) is 8.12. The van der Waals surface area contributed by atoms with E-state index in [0.29, 0.717) is 22.4 Å². The fourth-order valence-electron chi connectivity index (χ4n) is 1.81. The molecule has 0 aliphatic rings. The Hall–Kier alpha value is -0.610. The number of alkyl halides is 1. The van der Waals surface area contributed by atoms with Crippen LogP contribution in [0.3, 0.4) is 0 Å². The van der Waals surface area contributed by atoms with Gasteiger partial charge in [-0.05, 0) is 30.3 Å². The van der Waals surface area contributed by atoms with Crippen molar-refractivity contribution >= 4 is 50.7 Å². The SMILES string of the molecule is COc1ccc(Br)c(COc2c(Cl)cc(Cl)cc2CCl)c1. The summed E-state index contributed by atoms with van der Waals surface area (Å²) in [5.41, 5.74) is 1.70. The maximum atomic E-state index is 6.17. The highest BCUT2D eigenvalue weighted by Crippen LogP contribution is 2.34. The van der Waals surface area contributed by atoms with Crippen LogP contribution in [0.2, 0.25) is 10.0 Å². The van der Waals surface area contributed by atoms with E-state index in [1.54, 1.807) is 19.2 Å². The van der Waals surface area contributed by atoms with E-state index in [1.807, 2.05) is 18.2 Å². The normalized spacial score (nSPS) is 10.5. The van der Waals surface area contributed by atoms with Crippen molar-refractivity contribution in [2.45, 2.75) is 12.5 Å². The van der Waals surface area contributed by atoms with Crippen molar-refractivity contribution in [3.63, 3.8) is 0 Å². The van der Waals surface area contributed by atoms with Gasteiger partial charge in [0.15, 0.2) is 0 Å². The molecule has 0 atom stereocenters. The lowest BCUT2D eigenvalue weighted by Gasteiger charge is -2.14. The highest BCUT2D eigenvalue weighted by Gasteiger charge is 2.11. The molecular weight excluding hydrogens is 398 g/mol. The molecule has 0 heterocycles. The van der Waals surface area contributed by atoms with Gasteiger partial charge in [-0.15, -0.1) is 11.6 Å². The Morgan fingerprint density at radius 1 is 1.10 bits per heavy atom. The van der Waals surface area contributed by atoms with E-state index in [1.165, 1.54) is 0 Å². The van der Waals surface area contributed by atoms with E-state index in [2.05, 4.69) is 15.9 Å². The molecule has 21 heavy (non-hydrogen) atoms. The molecule has 0 radical (unpaired) electrons. The van der Waals surface area contributed by atoms with Crippen LogP contribution in [-0.2, 0) is 12.5 Å². The summed E-state index contributed by atoms with van der Waals surface area (Å²) in [7, 11) is 1.62. The van der Waals surface area contributed by atoms with Gasteiger partial charge in [-0.1, -0.05) is 39.1 Å². The maximum absolute atomic E-state index is 6.17. The molecule has 0 spiro atoms. The zero-order valence-corrected chi connectivity index (χ0v) is 15.0. The number of ether oxygens (including phenoxy) is 2. The van der Waals surface area contributed by atoms with Crippen LogP contribution in [0.1, 0.15) is 11.1 Å². The standard InChI is InChI=1S/C15H12BrCl3O2/c1-20-12-2-3-13(16)10(5-12)8-21-15-9(7-17)4-11(18)6-14(15)19/h2-6H,7-8H2,1H3. The second-order valence-electron chi connectivity index (χ2n) is 4.26. The van der Waals surface area contributed by atoms with Crippen molar-refractivity contribution < 1.29 is 9.47 Å². The van der Waals surface area contributed by atoms with E-state index < -0.39 is 0 Å². The van der Waals surface area contributed by atoms with Crippen LogP contribution in [-0.4, -0.2) is 7.11 Å². The molecule has 0 aromatic heterocycles. The van der Waals surface area contributed by atoms with Crippen LogP contribution in [0.4, 0.5) is 0 Å². The molecule has 112 valence electrons. The van der Waals surface area contributed by atoms with Crippen molar-refractivity contribution in [1.82, 2.24) is 0 Å². The topological polar surface area (TPSA) is 18.5 Å². The molecule has 0 fully saturated rings. The van der Waals surface area contributed by atoms with Crippen molar-refractivity contribution in [3.05, 3.63) is 56.0 Å². The van der Waals surface area contributed by atoms with Gasteiger partial charge in [0.2, 0.25) is 0 Å². The molecule has 0 saturated carbocycles. The molecule has 2 aromatic rings. The molecule has 2 aromatic carbocycles. The Bertz CT molecular complexity index is 647. The van der Waals surface area contributed by atoms with Gasteiger partial charge in [0, 0.05) is 20.6 Å². The lowest BCUT2D eigenvalue weighted by atomic mass is 10.2. The Labute approximate surface area is 147 Å². The molecule has 0 unspecified atom stereocenters. The third kappa shape index (κ3) is 4.19. The van der Waals surface area contributed by atoms with Crippen LogP contribution >= 0.6 is 50.7 Å². The van der Waals surface area contributed by atoms with Gasteiger partial charge in [0.25, 0.3) is 0 Å². The van der Waals surface area contributed by atoms with E-state index in [9.17, 15) is 0 Å². The van der Waals surface area contributed by atoms with E-state index in [4.69, 9.17) is 44.3 Å². The summed E-state index contributed by atoms with van der Waals surface area (Å²) in [5, 5.41) is 0.975. The summed E-state index contributed by atoms with van der Waals surface area (Å²) in [4.78, 5) is 0. The Balaban J connectivity index is 2.24. The molecule has 2 rings (SSSR count). The monoisotopic (exact) mass is 408 g/mol. The zero-order valence-electron chi connectivity index (χ0n) is 11.1. The first kappa shape index (κ1) is 16.8. The number of benzene rings is 2.